The van der Waals surface area contributed by atoms with Crippen LogP contribution < -0.4 is 19.5 Å². The molecule has 8 heteroatoms. The number of rotatable bonds is 6. The average Bonchev–Trinajstić information content (AvgIpc) is 3.02. The lowest BCUT2D eigenvalue weighted by molar-refractivity contribution is -0.132. The number of hydrogen-bond donors (Lipinski definition) is 2. The van der Waals surface area contributed by atoms with Gasteiger partial charge >= 0.3 is 5.97 Å². The molecule has 0 fully saturated rings. The summed E-state index contributed by atoms with van der Waals surface area (Å²) in [6.45, 7) is 1.17. The van der Waals surface area contributed by atoms with Gasteiger partial charge in [0.25, 0.3) is 5.91 Å². The molecule has 2 N–H and O–H groups in total. The fraction of sp³-hybridized carbons (Fsp3) is 0.143. The van der Waals surface area contributed by atoms with Gasteiger partial charge in [-0.1, -0.05) is 18.2 Å². The zero-order chi connectivity index (χ0) is 21.0. The number of anilines is 1. The summed E-state index contributed by atoms with van der Waals surface area (Å²) in [6.07, 6.45) is 0. The summed E-state index contributed by atoms with van der Waals surface area (Å²) in [5, 5.41) is 13.2. The van der Waals surface area contributed by atoms with E-state index in [0.717, 1.165) is 0 Å². The van der Waals surface area contributed by atoms with E-state index < -0.39 is 17.6 Å². The van der Waals surface area contributed by atoms with Crippen LogP contribution in [-0.4, -0.2) is 31.2 Å². The molecule has 29 heavy (non-hydrogen) atoms. The predicted octanol–water partition coefficient (Wildman–Crippen LogP) is 3.85. The summed E-state index contributed by atoms with van der Waals surface area (Å²) in [6, 6.07) is 13.3. The summed E-state index contributed by atoms with van der Waals surface area (Å²) >= 11 is 0. The third kappa shape index (κ3) is 4.16. The fourth-order valence-electron chi connectivity index (χ4n) is 2.67. The second-order valence-electron chi connectivity index (χ2n) is 5.92. The van der Waals surface area contributed by atoms with Gasteiger partial charge < -0.3 is 23.7 Å². The van der Waals surface area contributed by atoms with E-state index in [4.69, 9.17) is 18.6 Å². The van der Waals surface area contributed by atoms with Crippen molar-refractivity contribution in [1.82, 2.24) is 0 Å². The van der Waals surface area contributed by atoms with Crippen molar-refractivity contribution < 1.29 is 33.3 Å². The number of ether oxygens (including phenoxy) is 3. The maximum absolute atomic E-state index is 12.5. The van der Waals surface area contributed by atoms with E-state index >= 15 is 0 Å². The zero-order valence-electron chi connectivity index (χ0n) is 16.0. The molecule has 1 aromatic heterocycles. The number of benzene rings is 2. The van der Waals surface area contributed by atoms with Gasteiger partial charge in [0.2, 0.25) is 17.4 Å². The van der Waals surface area contributed by atoms with Crippen LogP contribution in [0.1, 0.15) is 17.3 Å². The van der Waals surface area contributed by atoms with Gasteiger partial charge in [-0.15, -0.1) is 0 Å². The quantitative estimate of drug-likeness (QED) is 0.608. The highest BCUT2D eigenvalue weighted by Gasteiger charge is 2.27. The minimum absolute atomic E-state index is 0.0552. The van der Waals surface area contributed by atoms with E-state index in [2.05, 4.69) is 5.32 Å². The Kier molecular flexibility index (Phi) is 5.73. The number of nitrogens with one attached hydrogen (secondary N) is 1. The van der Waals surface area contributed by atoms with Gasteiger partial charge in [-0.05, 0) is 30.3 Å². The Bertz CT molecular complexity index is 1040. The predicted molar refractivity (Wildman–Crippen MR) is 105 cm³/mol. The maximum atomic E-state index is 12.5. The first-order valence-corrected chi connectivity index (χ1v) is 8.57. The summed E-state index contributed by atoms with van der Waals surface area (Å²) in [4.78, 5) is 24.0. The largest absolute Gasteiger partial charge is 0.502 e. The molecule has 0 saturated carbocycles. The third-order valence-electron chi connectivity index (χ3n) is 4.00. The van der Waals surface area contributed by atoms with E-state index in [-0.39, 0.29) is 17.4 Å². The minimum Gasteiger partial charge on any atom is -0.502 e. The number of hydrogen-bond acceptors (Lipinski definition) is 7. The van der Waals surface area contributed by atoms with Gasteiger partial charge in [0.15, 0.2) is 5.76 Å². The molecule has 3 aromatic rings. The number of furan rings is 1. The molecule has 0 atom stereocenters. The highest BCUT2D eigenvalue weighted by molar-refractivity contribution is 6.05. The lowest BCUT2D eigenvalue weighted by Gasteiger charge is -2.08. The van der Waals surface area contributed by atoms with Crippen LogP contribution in [0.2, 0.25) is 0 Å². The summed E-state index contributed by atoms with van der Waals surface area (Å²) in [5.74, 6) is -1.37. The van der Waals surface area contributed by atoms with Crippen molar-refractivity contribution in [1.29, 1.82) is 0 Å². The lowest BCUT2D eigenvalue weighted by Crippen LogP contribution is -2.12. The molecule has 8 nitrogen and oxygen atoms in total. The Balaban J connectivity index is 2.09. The highest BCUT2D eigenvalue weighted by atomic mass is 16.6. The van der Waals surface area contributed by atoms with E-state index in [1.165, 1.54) is 21.1 Å². The van der Waals surface area contributed by atoms with Crippen molar-refractivity contribution in [2.45, 2.75) is 6.92 Å². The summed E-state index contributed by atoms with van der Waals surface area (Å²) in [5.41, 5.74) is 0.704. The standard InChI is InChI=1S/C21H19NO7/c1-12(23)28-19-17(24)18(15-11-14(26-2)9-10-16(15)27-3)29-21(19)22-20(25)13-7-5-4-6-8-13/h4-11,24H,1-3H3,(H,22,25). The second-order valence-corrected chi connectivity index (χ2v) is 5.92. The van der Waals surface area contributed by atoms with Crippen molar-refractivity contribution in [2.75, 3.05) is 19.5 Å². The SMILES string of the molecule is COc1ccc(OC)c(-c2oc(NC(=O)c3ccccc3)c(OC(C)=O)c2O)c1. The second kappa shape index (κ2) is 8.39. The van der Waals surface area contributed by atoms with Gasteiger partial charge in [-0.25, -0.2) is 0 Å². The minimum atomic E-state index is -0.694. The highest BCUT2D eigenvalue weighted by Crippen LogP contribution is 2.49. The third-order valence-corrected chi connectivity index (χ3v) is 4.00. The van der Waals surface area contributed by atoms with Crippen LogP contribution in [0.3, 0.4) is 0 Å². The molecule has 0 radical (unpaired) electrons. The number of amides is 1. The normalized spacial score (nSPS) is 10.3. The van der Waals surface area contributed by atoms with Gasteiger partial charge in [-0.2, -0.15) is 0 Å². The smallest absolute Gasteiger partial charge is 0.308 e. The van der Waals surface area contributed by atoms with E-state index in [1.807, 2.05) is 0 Å². The van der Waals surface area contributed by atoms with E-state index in [0.29, 0.717) is 22.6 Å². The Morgan fingerprint density at radius 2 is 1.76 bits per heavy atom. The first-order chi connectivity index (χ1) is 13.9. The van der Waals surface area contributed by atoms with Crippen molar-refractivity contribution >= 4 is 17.8 Å². The van der Waals surface area contributed by atoms with Crippen LogP contribution in [0.5, 0.6) is 23.0 Å². The molecule has 0 bridgehead atoms. The Morgan fingerprint density at radius 3 is 2.38 bits per heavy atom. The molecule has 3 rings (SSSR count). The summed E-state index contributed by atoms with van der Waals surface area (Å²) in [7, 11) is 2.94. The Labute approximate surface area is 166 Å². The molecule has 0 unspecified atom stereocenters. The molecule has 0 aliphatic rings. The first-order valence-electron chi connectivity index (χ1n) is 8.57. The molecule has 1 heterocycles. The zero-order valence-corrected chi connectivity index (χ0v) is 16.0. The monoisotopic (exact) mass is 397 g/mol. The Morgan fingerprint density at radius 1 is 1.03 bits per heavy atom. The van der Waals surface area contributed by atoms with Crippen LogP contribution in [0.25, 0.3) is 11.3 Å². The molecule has 1 amide bonds. The molecule has 0 saturated heterocycles. The van der Waals surface area contributed by atoms with Crippen molar-refractivity contribution in [2.24, 2.45) is 0 Å². The van der Waals surface area contributed by atoms with Crippen LogP contribution in [-0.2, 0) is 4.79 Å². The van der Waals surface area contributed by atoms with Crippen LogP contribution >= 0.6 is 0 Å². The van der Waals surface area contributed by atoms with Gasteiger partial charge in [0.1, 0.15) is 11.5 Å². The van der Waals surface area contributed by atoms with Gasteiger partial charge in [0, 0.05) is 12.5 Å². The first kappa shape index (κ1) is 19.8. The average molecular weight is 397 g/mol. The number of aromatic hydroxyl groups is 1. The lowest BCUT2D eigenvalue weighted by atomic mass is 10.1. The topological polar surface area (TPSA) is 107 Å². The molecular formula is C21H19NO7. The molecule has 0 aliphatic carbocycles. The Hall–Kier alpha value is -3.94. The summed E-state index contributed by atoms with van der Waals surface area (Å²) < 4.78 is 21.3. The van der Waals surface area contributed by atoms with Gasteiger partial charge in [0.05, 0.1) is 19.8 Å². The number of carbonyl (C=O) groups excluding carboxylic acids is 2. The molecule has 0 aliphatic heterocycles. The van der Waals surface area contributed by atoms with Crippen LogP contribution in [0, 0.1) is 0 Å². The van der Waals surface area contributed by atoms with Crippen molar-refractivity contribution in [3.05, 3.63) is 54.1 Å². The van der Waals surface area contributed by atoms with Crippen LogP contribution in [0.4, 0.5) is 5.88 Å². The number of carbonyl (C=O) groups is 2. The fourth-order valence-corrected chi connectivity index (χ4v) is 2.67. The number of methoxy groups -OCH3 is 2. The van der Waals surface area contributed by atoms with Gasteiger partial charge in [-0.3, -0.25) is 14.9 Å². The van der Waals surface area contributed by atoms with E-state index in [1.54, 1.807) is 48.5 Å². The molecular weight excluding hydrogens is 378 g/mol. The van der Waals surface area contributed by atoms with Crippen LogP contribution in [0.15, 0.2) is 52.9 Å². The maximum Gasteiger partial charge on any atom is 0.308 e. The van der Waals surface area contributed by atoms with E-state index in [9.17, 15) is 14.7 Å². The van der Waals surface area contributed by atoms with Crippen molar-refractivity contribution in [3.63, 3.8) is 0 Å². The molecule has 0 spiro atoms. The molecule has 2 aromatic carbocycles. The van der Waals surface area contributed by atoms with Crippen molar-refractivity contribution in [3.8, 4) is 34.3 Å². The number of esters is 1. The molecule has 150 valence electrons.